The molecule has 1 fully saturated rings. The molecule has 0 bridgehead atoms. The van der Waals surface area contributed by atoms with Crippen LogP contribution in [0.25, 0.3) is 0 Å². The quantitative estimate of drug-likeness (QED) is 0.809. The van der Waals surface area contributed by atoms with Crippen LogP contribution in [0.15, 0.2) is 22.8 Å². The molecule has 1 saturated heterocycles. The molecule has 1 aromatic heterocycles. The van der Waals surface area contributed by atoms with E-state index in [1.54, 1.807) is 17.0 Å². The summed E-state index contributed by atoms with van der Waals surface area (Å²) in [5.41, 5.74) is 0. The number of amides is 2. The van der Waals surface area contributed by atoms with Gasteiger partial charge in [0.2, 0.25) is 5.91 Å². The molecular formula is C15H23N3O3. The molecule has 0 aromatic carbocycles. The SMILES string of the molecule is CCN(CC)C(=O)CN1CCN(C(=O)c2ccco2)CC1. The Morgan fingerprint density at radius 2 is 1.86 bits per heavy atom. The van der Waals surface area contributed by atoms with E-state index in [0.29, 0.717) is 25.4 Å². The van der Waals surface area contributed by atoms with Gasteiger partial charge in [-0.1, -0.05) is 0 Å². The van der Waals surface area contributed by atoms with Crippen LogP contribution in [0.5, 0.6) is 0 Å². The van der Waals surface area contributed by atoms with Crippen molar-refractivity contribution in [1.29, 1.82) is 0 Å². The molecule has 1 aromatic rings. The third-order valence-corrected chi connectivity index (χ3v) is 3.87. The Hall–Kier alpha value is -1.82. The third kappa shape index (κ3) is 3.85. The zero-order valence-electron chi connectivity index (χ0n) is 12.7. The average Bonchev–Trinajstić information content (AvgIpc) is 3.03. The van der Waals surface area contributed by atoms with Gasteiger partial charge in [-0.3, -0.25) is 14.5 Å². The van der Waals surface area contributed by atoms with Gasteiger partial charge in [0.1, 0.15) is 0 Å². The van der Waals surface area contributed by atoms with E-state index in [1.165, 1.54) is 6.26 Å². The Labute approximate surface area is 125 Å². The van der Waals surface area contributed by atoms with Crippen molar-refractivity contribution in [3.8, 4) is 0 Å². The van der Waals surface area contributed by atoms with Crippen molar-refractivity contribution >= 4 is 11.8 Å². The normalized spacial score (nSPS) is 16.0. The predicted octanol–water partition coefficient (Wildman–Crippen LogP) is 0.906. The number of carbonyl (C=O) groups excluding carboxylic acids is 2. The highest BCUT2D eigenvalue weighted by atomic mass is 16.3. The van der Waals surface area contributed by atoms with Crippen LogP contribution < -0.4 is 0 Å². The van der Waals surface area contributed by atoms with E-state index in [0.717, 1.165) is 26.2 Å². The Bertz CT molecular complexity index is 461. The van der Waals surface area contributed by atoms with Crippen molar-refractivity contribution in [1.82, 2.24) is 14.7 Å². The van der Waals surface area contributed by atoms with Crippen LogP contribution in [0.4, 0.5) is 0 Å². The van der Waals surface area contributed by atoms with Gasteiger partial charge in [-0.25, -0.2) is 0 Å². The molecule has 21 heavy (non-hydrogen) atoms. The van der Waals surface area contributed by atoms with Crippen LogP contribution in [0.1, 0.15) is 24.4 Å². The first-order chi connectivity index (χ1) is 10.2. The van der Waals surface area contributed by atoms with E-state index in [-0.39, 0.29) is 11.8 Å². The van der Waals surface area contributed by atoms with Gasteiger partial charge in [0.15, 0.2) is 5.76 Å². The Morgan fingerprint density at radius 3 is 2.38 bits per heavy atom. The van der Waals surface area contributed by atoms with Crippen molar-refractivity contribution in [2.45, 2.75) is 13.8 Å². The maximum Gasteiger partial charge on any atom is 0.289 e. The predicted molar refractivity (Wildman–Crippen MR) is 79.0 cm³/mol. The van der Waals surface area contributed by atoms with Crippen molar-refractivity contribution in [2.24, 2.45) is 0 Å². The lowest BCUT2D eigenvalue weighted by Crippen LogP contribution is -2.51. The summed E-state index contributed by atoms with van der Waals surface area (Å²) in [6, 6.07) is 3.39. The van der Waals surface area contributed by atoms with E-state index in [9.17, 15) is 9.59 Å². The van der Waals surface area contributed by atoms with Crippen LogP contribution in [0.3, 0.4) is 0 Å². The first-order valence-corrected chi connectivity index (χ1v) is 7.48. The van der Waals surface area contributed by atoms with Crippen LogP contribution >= 0.6 is 0 Å². The summed E-state index contributed by atoms with van der Waals surface area (Å²) in [5.74, 6) is 0.461. The second-order valence-corrected chi connectivity index (χ2v) is 5.11. The van der Waals surface area contributed by atoms with Gasteiger partial charge in [-0.15, -0.1) is 0 Å². The Morgan fingerprint density at radius 1 is 1.19 bits per heavy atom. The van der Waals surface area contributed by atoms with Crippen molar-refractivity contribution in [3.05, 3.63) is 24.2 Å². The highest BCUT2D eigenvalue weighted by molar-refractivity contribution is 5.91. The molecule has 2 rings (SSSR count). The summed E-state index contributed by atoms with van der Waals surface area (Å²) < 4.78 is 5.13. The molecule has 1 aliphatic rings. The van der Waals surface area contributed by atoms with E-state index in [4.69, 9.17) is 4.42 Å². The van der Waals surface area contributed by atoms with Gasteiger partial charge in [0.25, 0.3) is 5.91 Å². The minimum Gasteiger partial charge on any atom is -0.459 e. The molecule has 2 amide bonds. The summed E-state index contributed by atoms with van der Waals surface area (Å²) in [5, 5.41) is 0. The maximum absolute atomic E-state index is 12.1. The number of likely N-dealkylation sites (N-methyl/N-ethyl adjacent to an activating group) is 1. The van der Waals surface area contributed by atoms with Crippen LogP contribution in [-0.4, -0.2) is 72.3 Å². The highest BCUT2D eigenvalue weighted by Crippen LogP contribution is 2.09. The molecule has 6 heteroatoms. The van der Waals surface area contributed by atoms with E-state index in [2.05, 4.69) is 4.90 Å². The Kier molecular flexibility index (Phi) is 5.38. The fraction of sp³-hybridized carbons (Fsp3) is 0.600. The Balaban J connectivity index is 1.81. The number of rotatable bonds is 5. The molecule has 2 heterocycles. The van der Waals surface area contributed by atoms with Gasteiger partial charge in [-0.05, 0) is 26.0 Å². The van der Waals surface area contributed by atoms with Crippen molar-refractivity contribution < 1.29 is 14.0 Å². The molecule has 0 N–H and O–H groups in total. The largest absolute Gasteiger partial charge is 0.459 e. The lowest BCUT2D eigenvalue weighted by atomic mass is 10.2. The van der Waals surface area contributed by atoms with Crippen LogP contribution in [0.2, 0.25) is 0 Å². The molecule has 0 spiro atoms. The molecular weight excluding hydrogens is 270 g/mol. The molecule has 6 nitrogen and oxygen atoms in total. The first kappa shape index (κ1) is 15.6. The van der Waals surface area contributed by atoms with E-state index >= 15 is 0 Å². The number of nitrogens with zero attached hydrogens (tertiary/aromatic N) is 3. The lowest BCUT2D eigenvalue weighted by molar-refractivity contribution is -0.132. The second kappa shape index (κ2) is 7.26. The van der Waals surface area contributed by atoms with Gasteiger partial charge >= 0.3 is 0 Å². The number of hydrogen-bond acceptors (Lipinski definition) is 4. The topological polar surface area (TPSA) is 57.0 Å². The fourth-order valence-electron chi connectivity index (χ4n) is 2.53. The first-order valence-electron chi connectivity index (χ1n) is 7.48. The summed E-state index contributed by atoms with van der Waals surface area (Å²) >= 11 is 0. The average molecular weight is 293 g/mol. The highest BCUT2D eigenvalue weighted by Gasteiger charge is 2.25. The minimum atomic E-state index is -0.0743. The van der Waals surface area contributed by atoms with Crippen molar-refractivity contribution in [3.63, 3.8) is 0 Å². The minimum absolute atomic E-state index is 0.0743. The van der Waals surface area contributed by atoms with Crippen LogP contribution in [0, 0.1) is 0 Å². The molecule has 0 atom stereocenters. The second-order valence-electron chi connectivity index (χ2n) is 5.11. The maximum atomic E-state index is 12.1. The molecule has 116 valence electrons. The van der Waals surface area contributed by atoms with Crippen molar-refractivity contribution in [2.75, 3.05) is 45.8 Å². The van der Waals surface area contributed by atoms with E-state index in [1.807, 2.05) is 18.7 Å². The standard InChI is InChI=1S/C15H23N3O3/c1-3-17(4-2)14(19)12-16-7-9-18(10-8-16)15(20)13-6-5-11-21-13/h5-6,11H,3-4,7-10,12H2,1-2H3. The fourth-order valence-corrected chi connectivity index (χ4v) is 2.53. The van der Waals surface area contributed by atoms with Crippen LogP contribution in [-0.2, 0) is 4.79 Å². The third-order valence-electron chi connectivity index (χ3n) is 3.87. The van der Waals surface area contributed by atoms with E-state index < -0.39 is 0 Å². The smallest absolute Gasteiger partial charge is 0.289 e. The zero-order chi connectivity index (χ0) is 15.2. The summed E-state index contributed by atoms with van der Waals surface area (Å²) in [6.45, 7) is 8.60. The molecule has 0 unspecified atom stereocenters. The molecule has 0 aliphatic carbocycles. The summed E-state index contributed by atoms with van der Waals surface area (Å²) in [7, 11) is 0. The number of carbonyl (C=O) groups is 2. The summed E-state index contributed by atoms with van der Waals surface area (Å²) in [6.07, 6.45) is 1.51. The van der Waals surface area contributed by atoms with Gasteiger partial charge in [-0.2, -0.15) is 0 Å². The number of hydrogen-bond donors (Lipinski definition) is 0. The zero-order valence-corrected chi connectivity index (χ0v) is 12.7. The molecule has 0 radical (unpaired) electrons. The van der Waals surface area contributed by atoms with Gasteiger partial charge < -0.3 is 14.2 Å². The summed E-state index contributed by atoms with van der Waals surface area (Å²) in [4.78, 5) is 29.9. The molecule has 1 aliphatic heterocycles. The molecule has 0 saturated carbocycles. The number of furan rings is 1. The lowest BCUT2D eigenvalue weighted by Gasteiger charge is -2.34. The van der Waals surface area contributed by atoms with Gasteiger partial charge in [0.05, 0.1) is 12.8 Å². The monoisotopic (exact) mass is 293 g/mol. The number of piperazine rings is 1. The van der Waals surface area contributed by atoms with Gasteiger partial charge in [0, 0.05) is 39.3 Å².